The molecule has 3 N–H and O–H groups in total. The molecule has 1 saturated carbocycles. The maximum atomic E-state index is 14.6. The number of allylic oxidation sites excluding steroid dienone is 1. The third-order valence-electron chi connectivity index (χ3n) is 11.7. The summed E-state index contributed by atoms with van der Waals surface area (Å²) in [6, 6.07) is 51.0. The Balaban J connectivity index is 1.25. The fraction of sp³-hybridized carbons (Fsp3) is 0.188. The molecule has 0 radical (unpaired) electrons. The molecular formula is C48H40F3N3O3. The Morgan fingerprint density at radius 1 is 0.649 bits per heavy atom. The molecule has 9 heteroatoms. The van der Waals surface area contributed by atoms with Gasteiger partial charge in [0.05, 0.1) is 23.5 Å². The van der Waals surface area contributed by atoms with Crippen LogP contribution in [0.3, 0.4) is 0 Å². The van der Waals surface area contributed by atoms with Gasteiger partial charge in [-0.3, -0.25) is 0 Å². The second kappa shape index (κ2) is 14.4. The molecule has 1 fully saturated rings. The van der Waals surface area contributed by atoms with Crippen molar-refractivity contribution in [3.8, 4) is 11.6 Å². The number of para-hydroxylation sites is 1. The molecule has 7 aromatic rings. The lowest BCUT2D eigenvalue weighted by molar-refractivity contribution is -0.145. The molecule has 9 rings (SSSR count). The molecule has 6 aromatic carbocycles. The Morgan fingerprint density at radius 3 is 1.75 bits per heavy atom. The first-order chi connectivity index (χ1) is 27.6. The quantitative estimate of drug-likeness (QED) is 0.137. The Labute approximate surface area is 328 Å². The summed E-state index contributed by atoms with van der Waals surface area (Å²) in [6.45, 7) is 0.467. The monoisotopic (exact) mass is 763 g/mol. The van der Waals surface area contributed by atoms with Crippen LogP contribution in [0.5, 0.6) is 5.88 Å². The summed E-state index contributed by atoms with van der Waals surface area (Å²) in [5.41, 5.74) is 3.64. The second-order valence-electron chi connectivity index (χ2n) is 15.1. The van der Waals surface area contributed by atoms with Gasteiger partial charge >= 0.3 is 6.18 Å². The van der Waals surface area contributed by atoms with Crippen LogP contribution in [0.1, 0.15) is 39.4 Å². The van der Waals surface area contributed by atoms with Gasteiger partial charge in [0.15, 0.2) is 5.69 Å². The van der Waals surface area contributed by atoms with Crippen molar-refractivity contribution in [2.45, 2.75) is 49.1 Å². The summed E-state index contributed by atoms with van der Waals surface area (Å²) >= 11 is 0. The number of hydrogen-bond donors (Lipinski definition) is 3. The number of benzene rings is 6. The normalized spacial score (nSPS) is 20.8. The molecule has 0 amide bonds. The Hall–Kier alpha value is -6.16. The number of anilines is 1. The zero-order chi connectivity index (χ0) is 39.3. The minimum Gasteiger partial charge on any atom is -0.493 e. The van der Waals surface area contributed by atoms with E-state index in [4.69, 9.17) is 0 Å². The van der Waals surface area contributed by atoms with Crippen molar-refractivity contribution in [2.75, 3.05) is 4.90 Å². The number of nitrogens with zero attached hydrogens (tertiary/aromatic N) is 3. The molecule has 0 bridgehead atoms. The van der Waals surface area contributed by atoms with E-state index in [1.165, 1.54) is 12.1 Å². The smallest absolute Gasteiger partial charge is 0.435 e. The zero-order valence-corrected chi connectivity index (χ0v) is 30.8. The molecule has 1 aromatic heterocycles. The summed E-state index contributed by atoms with van der Waals surface area (Å²) in [5.74, 6) is -3.20. The summed E-state index contributed by atoms with van der Waals surface area (Å²) in [6.07, 6.45) is -4.90. The van der Waals surface area contributed by atoms with Crippen LogP contribution in [0.4, 0.5) is 18.9 Å². The lowest BCUT2D eigenvalue weighted by Gasteiger charge is -2.46. The molecule has 2 heterocycles. The standard InChI is InChI=1S/C48H40F3N3O3/c49-48(50,51)45-41(46(57)54(52-45)35-22-11-4-12-23-35)40-43(55)37(44(40)56)27-39-47(28-31-15-5-1-6-16-31,29-32-17-7-2-8-18-32)42-36-24-14-13-21-34(36)25-26-38(42)53(39)30-33-19-9-3-10-20-33/h1-27,37,40,43-44,55-57H,28-30H2. The zero-order valence-electron chi connectivity index (χ0n) is 30.8. The van der Waals surface area contributed by atoms with Gasteiger partial charge in [-0.1, -0.05) is 146 Å². The van der Waals surface area contributed by atoms with E-state index in [1.807, 2.05) is 72.8 Å². The number of alkyl halides is 3. The molecule has 0 spiro atoms. The van der Waals surface area contributed by atoms with Crippen LogP contribution in [-0.4, -0.2) is 37.3 Å². The van der Waals surface area contributed by atoms with E-state index in [0.717, 1.165) is 49.1 Å². The summed E-state index contributed by atoms with van der Waals surface area (Å²) in [5, 5.41) is 41.3. The maximum Gasteiger partial charge on any atom is 0.435 e. The van der Waals surface area contributed by atoms with E-state index in [9.17, 15) is 28.5 Å². The molecule has 0 saturated heterocycles. The van der Waals surface area contributed by atoms with Crippen LogP contribution in [0.15, 0.2) is 169 Å². The Kier molecular flexibility index (Phi) is 9.22. The molecule has 2 aliphatic rings. The predicted octanol–water partition coefficient (Wildman–Crippen LogP) is 9.51. The highest BCUT2D eigenvalue weighted by molar-refractivity contribution is 5.95. The SMILES string of the molecule is Oc1c(C2C(O)C(C=C3N(Cc4ccccc4)c4ccc5ccccc5c4C3(Cc3ccccc3)Cc3ccccc3)C2O)c(C(F)(F)F)nn1-c1ccccc1. The number of hydrogen-bond acceptors (Lipinski definition) is 5. The predicted molar refractivity (Wildman–Crippen MR) is 215 cm³/mol. The van der Waals surface area contributed by atoms with Gasteiger partial charge in [-0.25, -0.2) is 4.68 Å². The van der Waals surface area contributed by atoms with Crippen molar-refractivity contribution in [3.63, 3.8) is 0 Å². The van der Waals surface area contributed by atoms with Gasteiger partial charge in [0.25, 0.3) is 0 Å². The highest BCUT2D eigenvalue weighted by atomic mass is 19.4. The number of aromatic nitrogens is 2. The lowest BCUT2D eigenvalue weighted by Crippen LogP contribution is -2.53. The van der Waals surface area contributed by atoms with Gasteiger partial charge in [0, 0.05) is 35.2 Å². The first-order valence-corrected chi connectivity index (χ1v) is 19.1. The lowest BCUT2D eigenvalue weighted by atomic mass is 9.63. The van der Waals surface area contributed by atoms with Crippen LogP contribution in [0, 0.1) is 5.92 Å². The Morgan fingerprint density at radius 2 is 1.18 bits per heavy atom. The summed E-state index contributed by atoms with van der Waals surface area (Å²) in [4.78, 5) is 2.25. The highest BCUT2D eigenvalue weighted by Gasteiger charge is 2.56. The van der Waals surface area contributed by atoms with Gasteiger partial charge in [0.2, 0.25) is 5.88 Å². The van der Waals surface area contributed by atoms with Crippen molar-refractivity contribution < 1.29 is 28.5 Å². The van der Waals surface area contributed by atoms with Crippen LogP contribution in [0.2, 0.25) is 0 Å². The first kappa shape index (κ1) is 36.5. The minimum atomic E-state index is -4.96. The summed E-state index contributed by atoms with van der Waals surface area (Å²) < 4.78 is 44.7. The van der Waals surface area contributed by atoms with E-state index in [2.05, 4.69) is 70.7 Å². The van der Waals surface area contributed by atoms with Gasteiger partial charge < -0.3 is 20.2 Å². The van der Waals surface area contributed by atoms with E-state index < -0.39 is 52.8 Å². The number of aliphatic hydroxyl groups is 2. The number of fused-ring (bicyclic) bond motifs is 3. The fourth-order valence-corrected chi connectivity index (χ4v) is 9.14. The van der Waals surface area contributed by atoms with Crippen molar-refractivity contribution >= 4 is 16.5 Å². The molecule has 1 aliphatic heterocycles. The molecule has 6 nitrogen and oxygen atoms in total. The molecule has 286 valence electrons. The number of aromatic hydroxyl groups is 1. The number of halogens is 3. The fourth-order valence-electron chi connectivity index (χ4n) is 9.14. The van der Waals surface area contributed by atoms with Gasteiger partial charge in [0.1, 0.15) is 0 Å². The molecular weight excluding hydrogens is 724 g/mol. The van der Waals surface area contributed by atoms with Gasteiger partial charge in [-0.15, -0.1) is 0 Å². The van der Waals surface area contributed by atoms with Gasteiger partial charge in [-0.2, -0.15) is 18.3 Å². The maximum absolute atomic E-state index is 14.6. The molecule has 2 atom stereocenters. The van der Waals surface area contributed by atoms with Crippen molar-refractivity contribution in [2.24, 2.45) is 5.92 Å². The minimum absolute atomic E-state index is 0.216. The van der Waals surface area contributed by atoms with E-state index >= 15 is 0 Å². The highest BCUT2D eigenvalue weighted by Crippen LogP contribution is 2.57. The molecule has 57 heavy (non-hydrogen) atoms. The molecule has 1 aliphatic carbocycles. The van der Waals surface area contributed by atoms with Crippen molar-refractivity contribution in [1.82, 2.24) is 9.78 Å². The van der Waals surface area contributed by atoms with Crippen LogP contribution < -0.4 is 4.90 Å². The number of rotatable bonds is 9. The van der Waals surface area contributed by atoms with Crippen molar-refractivity contribution in [1.29, 1.82) is 0 Å². The first-order valence-electron chi connectivity index (χ1n) is 19.1. The van der Waals surface area contributed by atoms with E-state index in [-0.39, 0.29) is 5.69 Å². The van der Waals surface area contributed by atoms with Gasteiger partial charge in [-0.05, 0) is 64.1 Å². The van der Waals surface area contributed by atoms with Crippen LogP contribution >= 0.6 is 0 Å². The van der Waals surface area contributed by atoms with E-state index in [0.29, 0.717) is 19.4 Å². The Bertz CT molecular complexity index is 2510. The average Bonchev–Trinajstić information content (AvgIpc) is 3.69. The number of aliphatic hydroxyl groups excluding tert-OH is 2. The topological polar surface area (TPSA) is 81.8 Å². The second-order valence-corrected chi connectivity index (χ2v) is 15.1. The summed E-state index contributed by atoms with van der Waals surface area (Å²) in [7, 11) is 0. The van der Waals surface area contributed by atoms with Crippen molar-refractivity contribution in [3.05, 3.63) is 203 Å². The largest absolute Gasteiger partial charge is 0.493 e. The van der Waals surface area contributed by atoms with E-state index in [1.54, 1.807) is 18.2 Å². The third kappa shape index (κ3) is 6.37. The van der Waals surface area contributed by atoms with Crippen LogP contribution in [-0.2, 0) is 31.0 Å². The average molecular weight is 764 g/mol. The van der Waals surface area contributed by atoms with Crippen LogP contribution in [0.25, 0.3) is 16.5 Å². The molecule has 2 unspecified atom stereocenters. The third-order valence-corrected chi connectivity index (χ3v) is 11.7.